The molecular formula is C24H19NO3. The minimum atomic E-state index is -0.405. The van der Waals surface area contributed by atoms with Crippen molar-refractivity contribution in [3.05, 3.63) is 77.1 Å². The second kappa shape index (κ2) is 6.34. The molecule has 0 N–H and O–H groups in total. The van der Waals surface area contributed by atoms with Gasteiger partial charge >= 0.3 is 5.97 Å². The Morgan fingerprint density at radius 1 is 1.07 bits per heavy atom. The van der Waals surface area contributed by atoms with Gasteiger partial charge in [-0.1, -0.05) is 36.4 Å². The summed E-state index contributed by atoms with van der Waals surface area (Å²) >= 11 is 0. The van der Waals surface area contributed by atoms with E-state index < -0.39 is 5.97 Å². The summed E-state index contributed by atoms with van der Waals surface area (Å²) in [5.41, 5.74) is 5.79. The van der Waals surface area contributed by atoms with Gasteiger partial charge in [-0.2, -0.15) is 0 Å². The number of hydrogen-bond donors (Lipinski definition) is 0. The molecule has 138 valence electrons. The van der Waals surface area contributed by atoms with Crippen LogP contribution < -0.4 is 0 Å². The lowest BCUT2D eigenvalue weighted by Gasteiger charge is -2.11. The number of fused-ring (bicyclic) bond motifs is 1. The van der Waals surface area contributed by atoms with Crippen LogP contribution in [0.4, 0.5) is 0 Å². The molecule has 4 nitrogen and oxygen atoms in total. The molecule has 4 heteroatoms. The van der Waals surface area contributed by atoms with Crippen LogP contribution in [0.5, 0.6) is 0 Å². The lowest BCUT2D eigenvalue weighted by atomic mass is 9.93. The maximum absolute atomic E-state index is 12.9. The first-order valence-electron chi connectivity index (χ1n) is 9.53. The SMILES string of the molecule is CCOC(=O)c1c(-c2ccc3c4c(cccc24)CC3)c(C=O)n2ccccc12. The molecule has 0 spiro atoms. The van der Waals surface area contributed by atoms with Crippen LogP contribution in [0.3, 0.4) is 0 Å². The van der Waals surface area contributed by atoms with Gasteiger partial charge in [0.25, 0.3) is 0 Å². The van der Waals surface area contributed by atoms with Gasteiger partial charge in [-0.3, -0.25) is 4.79 Å². The van der Waals surface area contributed by atoms with Crippen molar-refractivity contribution in [2.75, 3.05) is 6.61 Å². The van der Waals surface area contributed by atoms with Crippen LogP contribution in [-0.2, 0) is 17.6 Å². The number of carbonyl (C=O) groups is 2. The van der Waals surface area contributed by atoms with Crippen molar-refractivity contribution in [3.8, 4) is 11.1 Å². The van der Waals surface area contributed by atoms with Crippen LogP contribution in [-0.4, -0.2) is 23.3 Å². The zero-order valence-corrected chi connectivity index (χ0v) is 15.6. The highest BCUT2D eigenvalue weighted by Crippen LogP contribution is 2.41. The average molecular weight is 369 g/mol. The number of ether oxygens (including phenoxy) is 1. The Hall–Kier alpha value is -3.40. The topological polar surface area (TPSA) is 47.8 Å². The molecular weight excluding hydrogens is 350 g/mol. The quantitative estimate of drug-likeness (QED) is 0.382. The lowest BCUT2D eigenvalue weighted by Crippen LogP contribution is -2.06. The molecule has 0 saturated heterocycles. The van der Waals surface area contributed by atoms with Gasteiger partial charge in [0.15, 0.2) is 6.29 Å². The number of aryl methyl sites for hydroxylation is 2. The largest absolute Gasteiger partial charge is 0.462 e. The van der Waals surface area contributed by atoms with Crippen LogP contribution in [0, 0.1) is 0 Å². The zero-order valence-electron chi connectivity index (χ0n) is 15.6. The van der Waals surface area contributed by atoms with Crippen LogP contribution in [0.2, 0.25) is 0 Å². The zero-order chi connectivity index (χ0) is 19.3. The van der Waals surface area contributed by atoms with Crippen molar-refractivity contribution in [1.82, 2.24) is 4.40 Å². The van der Waals surface area contributed by atoms with Crippen molar-refractivity contribution >= 4 is 28.5 Å². The summed E-state index contributed by atoms with van der Waals surface area (Å²) in [6.45, 7) is 2.07. The van der Waals surface area contributed by atoms with Crippen molar-refractivity contribution in [3.63, 3.8) is 0 Å². The van der Waals surface area contributed by atoms with E-state index in [9.17, 15) is 9.59 Å². The number of aldehydes is 1. The minimum Gasteiger partial charge on any atom is -0.462 e. The van der Waals surface area contributed by atoms with E-state index in [2.05, 4.69) is 24.3 Å². The molecule has 2 aromatic heterocycles. The fraction of sp³-hybridized carbons (Fsp3) is 0.167. The number of carbonyl (C=O) groups excluding carboxylic acids is 2. The predicted octanol–water partition coefficient (Wildman–Crippen LogP) is 4.85. The maximum Gasteiger partial charge on any atom is 0.340 e. The second-order valence-electron chi connectivity index (χ2n) is 7.04. The molecule has 0 aliphatic heterocycles. The van der Waals surface area contributed by atoms with Gasteiger partial charge in [0.1, 0.15) is 0 Å². The molecule has 0 radical (unpaired) electrons. The summed E-state index contributed by atoms with van der Waals surface area (Å²) in [4.78, 5) is 25.0. The molecule has 2 aromatic carbocycles. The summed E-state index contributed by atoms with van der Waals surface area (Å²) in [5.74, 6) is -0.405. The monoisotopic (exact) mass is 369 g/mol. The molecule has 0 atom stereocenters. The Balaban J connectivity index is 1.93. The minimum absolute atomic E-state index is 0.280. The first-order chi connectivity index (χ1) is 13.7. The highest BCUT2D eigenvalue weighted by atomic mass is 16.5. The van der Waals surface area contributed by atoms with Gasteiger partial charge in [0.05, 0.1) is 23.4 Å². The molecule has 0 saturated carbocycles. The van der Waals surface area contributed by atoms with Gasteiger partial charge in [0.2, 0.25) is 0 Å². The first-order valence-corrected chi connectivity index (χ1v) is 9.53. The molecule has 2 heterocycles. The summed E-state index contributed by atoms with van der Waals surface area (Å²) in [7, 11) is 0. The predicted molar refractivity (Wildman–Crippen MR) is 109 cm³/mol. The van der Waals surface area contributed by atoms with Crippen LogP contribution in [0.15, 0.2) is 54.7 Å². The third-order valence-corrected chi connectivity index (χ3v) is 5.62. The van der Waals surface area contributed by atoms with Crippen molar-refractivity contribution < 1.29 is 14.3 Å². The summed E-state index contributed by atoms with van der Waals surface area (Å²) in [6, 6.07) is 16.0. The first kappa shape index (κ1) is 16.8. The van der Waals surface area contributed by atoms with E-state index in [0.29, 0.717) is 22.3 Å². The fourth-order valence-electron chi connectivity index (χ4n) is 4.50. The van der Waals surface area contributed by atoms with Gasteiger partial charge in [-0.25, -0.2) is 4.79 Å². The molecule has 28 heavy (non-hydrogen) atoms. The molecule has 0 unspecified atom stereocenters. The normalized spacial score (nSPS) is 12.6. The van der Waals surface area contributed by atoms with E-state index in [4.69, 9.17) is 4.74 Å². The van der Waals surface area contributed by atoms with E-state index in [1.165, 1.54) is 16.5 Å². The molecule has 0 fully saturated rings. The Kier molecular flexibility index (Phi) is 3.79. The number of benzene rings is 2. The molecule has 4 aromatic rings. The van der Waals surface area contributed by atoms with Gasteiger partial charge in [-0.05, 0) is 59.4 Å². The van der Waals surface area contributed by atoms with E-state index in [1.54, 1.807) is 11.3 Å². The average Bonchev–Trinajstić information content (AvgIpc) is 3.29. The highest BCUT2D eigenvalue weighted by molar-refractivity contribution is 6.13. The summed E-state index contributed by atoms with van der Waals surface area (Å²) < 4.78 is 7.14. The molecule has 5 rings (SSSR count). The van der Waals surface area contributed by atoms with E-state index in [1.807, 2.05) is 30.5 Å². The molecule has 0 amide bonds. The van der Waals surface area contributed by atoms with Crippen molar-refractivity contribution in [1.29, 1.82) is 0 Å². The number of rotatable bonds is 4. The van der Waals surface area contributed by atoms with Crippen molar-refractivity contribution in [2.24, 2.45) is 0 Å². The van der Waals surface area contributed by atoms with E-state index >= 15 is 0 Å². The number of aromatic nitrogens is 1. The van der Waals surface area contributed by atoms with E-state index in [0.717, 1.165) is 30.1 Å². The molecule has 1 aliphatic carbocycles. The molecule has 1 aliphatic rings. The number of nitrogens with zero attached hydrogens (tertiary/aromatic N) is 1. The van der Waals surface area contributed by atoms with Gasteiger partial charge in [-0.15, -0.1) is 0 Å². The van der Waals surface area contributed by atoms with E-state index in [-0.39, 0.29) is 6.61 Å². The van der Waals surface area contributed by atoms with Crippen LogP contribution in [0.1, 0.15) is 38.9 Å². The maximum atomic E-state index is 12.9. The summed E-state index contributed by atoms with van der Waals surface area (Å²) in [6.07, 6.45) is 4.69. The number of esters is 1. The Bertz CT molecular complexity index is 1260. The van der Waals surface area contributed by atoms with Crippen LogP contribution in [0.25, 0.3) is 27.4 Å². The number of hydrogen-bond acceptors (Lipinski definition) is 3. The Labute approximate surface area is 162 Å². The third kappa shape index (κ3) is 2.24. The summed E-state index contributed by atoms with van der Waals surface area (Å²) in [5, 5.41) is 2.33. The second-order valence-corrected chi connectivity index (χ2v) is 7.04. The smallest absolute Gasteiger partial charge is 0.340 e. The Morgan fingerprint density at radius 3 is 2.68 bits per heavy atom. The number of pyridine rings is 1. The lowest BCUT2D eigenvalue weighted by molar-refractivity contribution is 0.0529. The van der Waals surface area contributed by atoms with Crippen LogP contribution >= 0.6 is 0 Å². The molecule has 0 bridgehead atoms. The standard InChI is InChI=1S/C24H19NO3/c1-2-28-24(27)23-19-8-3-4-13-25(19)20(14-26)22(23)18-12-11-16-10-9-15-6-5-7-17(18)21(15)16/h3-8,11-14H,2,9-10H2,1H3. The van der Waals surface area contributed by atoms with Crippen molar-refractivity contribution in [2.45, 2.75) is 19.8 Å². The Morgan fingerprint density at radius 2 is 1.89 bits per heavy atom. The van der Waals surface area contributed by atoms with Gasteiger partial charge in [0, 0.05) is 11.8 Å². The fourth-order valence-corrected chi connectivity index (χ4v) is 4.50. The highest BCUT2D eigenvalue weighted by Gasteiger charge is 2.27. The third-order valence-electron chi connectivity index (χ3n) is 5.62. The van der Waals surface area contributed by atoms with Gasteiger partial charge < -0.3 is 9.14 Å².